The smallest absolute Gasteiger partial charge is 0.302 e. The van der Waals surface area contributed by atoms with Crippen LogP contribution in [0.4, 0.5) is 4.39 Å². The highest BCUT2D eigenvalue weighted by Gasteiger charge is 2.16. The highest BCUT2D eigenvalue weighted by molar-refractivity contribution is 6.23. The van der Waals surface area contributed by atoms with Crippen LogP contribution in [0.5, 0.6) is 0 Å². The summed E-state index contributed by atoms with van der Waals surface area (Å²) in [6.45, 7) is 0. The zero-order chi connectivity index (χ0) is 9.14. The number of aliphatic carboxylic acids is 1. The Balaban J connectivity index is 3.02. The van der Waals surface area contributed by atoms with Crippen LogP contribution in [-0.4, -0.2) is 18.9 Å². The third kappa shape index (κ3) is 1.64. The molecule has 0 aliphatic carbocycles. The fraction of sp³-hybridized carbons (Fsp3) is 0.125. The van der Waals surface area contributed by atoms with Crippen molar-refractivity contribution in [2.45, 2.75) is 5.82 Å². The topological polar surface area (TPSA) is 37.3 Å². The second-order valence-electron chi connectivity index (χ2n) is 2.58. The lowest BCUT2D eigenvalue weighted by molar-refractivity contribution is -0.136. The van der Waals surface area contributed by atoms with E-state index < -0.39 is 17.6 Å². The second kappa shape index (κ2) is 3.39. The van der Waals surface area contributed by atoms with E-state index in [1.807, 2.05) is 0 Å². The van der Waals surface area contributed by atoms with Gasteiger partial charge in [0.2, 0.25) is 0 Å². The largest absolute Gasteiger partial charge is 0.481 e. The molecular weight excluding hydrogens is 158 g/mol. The van der Waals surface area contributed by atoms with Crippen LogP contribution in [0.2, 0.25) is 0 Å². The van der Waals surface area contributed by atoms with E-state index in [0.29, 0.717) is 0 Å². The molecule has 1 N–H and O–H groups in total. The molecule has 0 aliphatic heterocycles. The Kier molecular flexibility index (Phi) is 2.48. The summed E-state index contributed by atoms with van der Waals surface area (Å²) < 4.78 is 12.9. The number of rotatable bonds is 2. The Hall–Kier alpha value is -1.32. The van der Waals surface area contributed by atoms with Crippen molar-refractivity contribution in [2.75, 3.05) is 0 Å². The molecule has 1 aromatic carbocycles. The number of halogens is 1. The molecular formula is C8H8BFO2. The molecule has 12 heavy (non-hydrogen) atoms. The number of carboxylic acid groups (broad SMARTS) is 1. The summed E-state index contributed by atoms with van der Waals surface area (Å²) in [6.07, 6.45) is 0. The normalized spacial score (nSPS) is 12.4. The van der Waals surface area contributed by atoms with E-state index in [-0.39, 0.29) is 5.56 Å². The Morgan fingerprint density at radius 2 is 2.08 bits per heavy atom. The van der Waals surface area contributed by atoms with Crippen LogP contribution >= 0.6 is 0 Å². The number of carboxylic acids is 1. The first-order chi connectivity index (χ1) is 5.63. The lowest BCUT2D eigenvalue weighted by atomic mass is 9.81. The van der Waals surface area contributed by atoms with Gasteiger partial charge in [0, 0.05) is 0 Å². The fourth-order valence-electron chi connectivity index (χ4n) is 0.959. The first-order valence-electron chi connectivity index (χ1n) is 3.60. The molecule has 0 amide bonds. The van der Waals surface area contributed by atoms with Crippen molar-refractivity contribution in [1.29, 1.82) is 0 Å². The molecule has 1 rings (SSSR count). The van der Waals surface area contributed by atoms with E-state index in [1.54, 1.807) is 6.07 Å². The molecule has 1 aromatic rings. The molecule has 0 aromatic heterocycles. The fourth-order valence-corrected chi connectivity index (χ4v) is 0.959. The Bertz CT molecular complexity index is 301. The quantitative estimate of drug-likeness (QED) is 0.652. The van der Waals surface area contributed by atoms with E-state index >= 15 is 0 Å². The zero-order valence-electron chi connectivity index (χ0n) is 6.62. The highest BCUT2D eigenvalue weighted by atomic mass is 19.1. The maximum Gasteiger partial charge on any atom is 0.302 e. The van der Waals surface area contributed by atoms with Crippen LogP contribution in [0.1, 0.15) is 11.4 Å². The predicted molar refractivity (Wildman–Crippen MR) is 45.3 cm³/mol. The molecule has 0 radical (unpaired) electrons. The summed E-state index contributed by atoms with van der Waals surface area (Å²) in [4.78, 5) is 10.5. The monoisotopic (exact) mass is 166 g/mol. The zero-order valence-corrected chi connectivity index (χ0v) is 6.62. The summed E-state index contributed by atoms with van der Waals surface area (Å²) in [5, 5.41) is 8.59. The summed E-state index contributed by atoms with van der Waals surface area (Å²) in [5.74, 6) is -2.27. The summed E-state index contributed by atoms with van der Waals surface area (Å²) >= 11 is 0. The maximum absolute atomic E-state index is 12.9. The minimum atomic E-state index is -1.01. The Morgan fingerprint density at radius 3 is 2.58 bits per heavy atom. The maximum atomic E-state index is 12.9. The summed E-state index contributed by atoms with van der Waals surface area (Å²) in [6, 6.07) is 5.90. The van der Waals surface area contributed by atoms with E-state index in [4.69, 9.17) is 5.11 Å². The lowest BCUT2D eigenvalue weighted by Crippen LogP contribution is -2.12. The van der Waals surface area contributed by atoms with Crippen molar-refractivity contribution in [3.8, 4) is 0 Å². The van der Waals surface area contributed by atoms with E-state index in [2.05, 4.69) is 0 Å². The molecule has 4 heteroatoms. The molecule has 1 unspecified atom stereocenters. The minimum Gasteiger partial charge on any atom is -0.481 e. The molecule has 0 bridgehead atoms. The van der Waals surface area contributed by atoms with E-state index in [0.717, 1.165) is 0 Å². The van der Waals surface area contributed by atoms with Gasteiger partial charge in [0.15, 0.2) is 0 Å². The van der Waals surface area contributed by atoms with Gasteiger partial charge in [-0.3, -0.25) is 4.79 Å². The van der Waals surface area contributed by atoms with Gasteiger partial charge in [0.25, 0.3) is 0 Å². The van der Waals surface area contributed by atoms with Gasteiger partial charge in [-0.2, -0.15) is 0 Å². The van der Waals surface area contributed by atoms with Gasteiger partial charge in [-0.25, -0.2) is 4.39 Å². The molecule has 0 spiro atoms. The van der Waals surface area contributed by atoms with Crippen LogP contribution in [0, 0.1) is 5.82 Å². The average molecular weight is 166 g/mol. The third-order valence-electron chi connectivity index (χ3n) is 1.74. The van der Waals surface area contributed by atoms with E-state index in [9.17, 15) is 9.18 Å². The van der Waals surface area contributed by atoms with Gasteiger partial charge < -0.3 is 5.11 Å². The van der Waals surface area contributed by atoms with Gasteiger partial charge in [-0.1, -0.05) is 18.2 Å². The van der Waals surface area contributed by atoms with Gasteiger partial charge in [0.1, 0.15) is 13.7 Å². The molecule has 2 nitrogen and oxygen atoms in total. The second-order valence-corrected chi connectivity index (χ2v) is 2.58. The van der Waals surface area contributed by atoms with Crippen LogP contribution in [-0.2, 0) is 4.79 Å². The molecule has 0 fully saturated rings. The van der Waals surface area contributed by atoms with E-state index in [1.165, 1.54) is 26.0 Å². The van der Waals surface area contributed by atoms with Gasteiger partial charge in [-0.15, -0.1) is 0 Å². The summed E-state index contributed by atoms with van der Waals surface area (Å²) in [5.41, 5.74) is 0.227. The van der Waals surface area contributed by atoms with Crippen LogP contribution in [0.25, 0.3) is 0 Å². The summed E-state index contributed by atoms with van der Waals surface area (Å²) in [7, 11) is 1.46. The van der Waals surface area contributed by atoms with Crippen molar-refractivity contribution >= 4 is 13.8 Å². The van der Waals surface area contributed by atoms with Crippen molar-refractivity contribution in [3.63, 3.8) is 0 Å². The molecule has 0 heterocycles. The number of carbonyl (C=O) groups is 1. The van der Waals surface area contributed by atoms with Gasteiger partial charge in [-0.05, 0) is 11.6 Å². The van der Waals surface area contributed by atoms with Crippen LogP contribution in [0.15, 0.2) is 24.3 Å². The first-order valence-corrected chi connectivity index (χ1v) is 3.60. The van der Waals surface area contributed by atoms with Crippen molar-refractivity contribution < 1.29 is 14.3 Å². The molecule has 1 atom stereocenters. The standard InChI is InChI=1S/C8H8BFO2/c9-7(8(11)12)5-3-1-2-4-6(5)10/h1-4,7H,9H2,(H,11,12). The Morgan fingerprint density at radius 1 is 1.50 bits per heavy atom. The van der Waals surface area contributed by atoms with Crippen molar-refractivity contribution in [1.82, 2.24) is 0 Å². The SMILES string of the molecule is BC(C(=O)O)c1ccccc1F. The van der Waals surface area contributed by atoms with Crippen molar-refractivity contribution in [3.05, 3.63) is 35.6 Å². The number of hydrogen-bond donors (Lipinski definition) is 1. The number of benzene rings is 1. The van der Waals surface area contributed by atoms with Crippen molar-refractivity contribution in [2.24, 2.45) is 0 Å². The van der Waals surface area contributed by atoms with Gasteiger partial charge >= 0.3 is 5.97 Å². The average Bonchev–Trinajstić information content (AvgIpc) is 2.04. The van der Waals surface area contributed by atoms with Crippen LogP contribution in [0.3, 0.4) is 0 Å². The molecule has 0 saturated heterocycles. The molecule has 0 saturated carbocycles. The highest BCUT2D eigenvalue weighted by Crippen LogP contribution is 2.15. The minimum absolute atomic E-state index is 0.227. The molecule has 62 valence electrons. The molecule has 0 aliphatic rings. The van der Waals surface area contributed by atoms with Gasteiger partial charge in [0.05, 0.1) is 5.82 Å². The number of hydrogen-bond acceptors (Lipinski definition) is 1. The predicted octanol–water partition coefficient (Wildman–Crippen LogP) is 0.585. The first kappa shape index (κ1) is 8.78. The Labute approximate surface area is 70.4 Å². The third-order valence-corrected chi connectivity index (χ3v) is 1.74. The lowest BCUT2D eigenvalue weighted by Gasteiger charge is -2.06. The van der Waals surface area contributed by atoms with Crippen LogP contribution < -0.4 is 0 Å².